The van der Waals surface area contributed by atoms with Gasteiger partial charge in [-0.3, -0.25) is 20.0 Å². The highest BCUT2D eigenvalue weighted by Gasteiger charge is 2.29. The third-order valence-corrected chi connectivity index (χ3v) is 6.13. The van der Waals surface area contributed by atoms with Gasteiger partial charge in [0.25, 0.3) is 10.8 Å². The summed E-state index contributed by atoms with van der Waals surface area (Å²) in [5, 5.41) is 16.1. The molecule has 1 N–H and O–H groups in total. The molecule has 0 amide bonds. The summed E-state index contributed by atoms with van der Waals surface area (Å²) in [6.07, 6.45) is 0. The molecule has 0 aliphatic heterocycles. The summed E-state index contributed by atoms with van der Waals surface area (Å²) in [6, 6.07) is 21.5. The van der Waals surface area contributed by atoms with Crippen molar-refractivity contribution in [2.75, 3.05) is 0 Å². The van der Waals surface area contributed by atoms with Crippen LogP contribution in [0.3, 0.4) is 0 Å². The summed E-state index contributed by atoms with van der Waals surface area (Å²) in [4.78, 5) is 22.4. The fourth-order valence-corrected chi connectivity index (χ4v) is 4.05. The van der Waals surface area contributed by atoms with Gasteiger partial charge in [-0.15, -0.1) is 0 Å². The molecule has 32 heavy (non-hydrogen) atoms. The maximum atomic E-state index is 12.7. The van der Waals surface area contributed by atoms with Gasteiger partial charge in [-0.25, -0.2) is 8.42 Å². The van der Waals surface area contributed by atoms with Gasteiger partial charge in [0, 0.05) is 17.7 Å². The Morgan fingerprint density at radius 2 is 1.59 bits per heavy atom. The van der Waals surface area contributed by atoms with Crippen LogP contribution in [0.4, 0.5) is 5.69 Å². The average molecular weight is 449 g/mol. The number of aromatic nitrogens is 2. The van der Waals surface area contributed by atoms with Gasteiger partial charge in [0.2, 0.25) is 9.84 Å². The summed E-state index contributed by atoms with van der Waals surface area (Å²) < 4.78 is 31.2. The van der Waals surface area contributed by atoms with Crippen LogP contribution < -0.4 is 4.74 Å². The number of para-hydroxylation sites is 2. The molecule has 0 radical (unpaired) electrons. The van der Waals surface area contributed by atoms with Crippen LogP contribution in [0.2, 0.25) is 0 Å². The van der Waals surface area contributed by atoms with Crippen molar-refractivity contribution in [1.29, 1.82) is 0 Å². The highest BCUT2D eigenvalue weighted by molar-refractivity contribution is 8.06. The zero-order chi connectivity index (χ0) is 22.7. The molecule has 4 rings (SSSR count). The summed E-state index contributed by atoms with van der Waals surface area (Å²) in [6.45, 7) is 0. The first-order chi connectivity index (χ1) is 15.4. The molecule has 0 aliphatic rings. The third kappa shape index (κ3) is 4.12. The van der Waals surface area contributed by atoms with Crippen molar-refractivity contribution in [2.24, 2.45) is 0 Å². The van der Waals surface area contributed by atoms with Crippen molar-refractivity contribution in [1.82, 2.24) is 10.2 Å². The number of H-pyrrole nitrogens is 1. The van der Waals surface area contributed by atoms with Gasteiger partial charge in [0.05, 0.1) is 15.5 Å². The molecule has 1 heterocycles. The number of aromatic amines is 1. The lowest BCUT2D eigenvalue weighted by molar-refractivity contribution is -0.384. The molecular weight excluding hydrogens is 434 g/mol. The van der Waals surface area contributed by atoms with E-state index in [0.29, 0.717) is 22.8 Å². The van der Waals surface area contributed by atoms with Crippen LogP contribution in [0.15, 0.2) is 89.8 Å². The average Bonchev–Trinajstić information content (AvgIpc) is 3.29. The number of hydrogen-bond donors (Lipinski definition) is 1. The summed E-state index contributed by atoms with van der Waals surface area (Å²) >= 11 is 0. The molecule has 0 saturated carbocycles. The maximum absolute atomic E-state index is 12.7. The van der Waals surface area contributed by atoms with E-state index >= 15 is 0 Å². The van der Waals surface area contributed by atoms with Gasteiger partial charge in [-0.1, -0.05) is 30.3 Å². The quantitative estimate of drug-likeness (QED) is 0.341. The van der Waals surface area contributed by atoms with Gasteiger partial charge in [0.15, 0.2) is 0 Å². The molecule has 1 aromatic heterocycles. The number of nitrogens with zero attached hydrogens (tertiary/aromatic N) is 2. The Hall–Kier alpha value is -4.31. The fraction of sp³-hybridized carbons (Fsp3) is 0. The second-order valence-corrected chi connectivity index (χ2v) is 8.47. The molecule has 4 aromatic rings. The number of carbonyl (C=O) groups excluding carboxylic acids is 1. The Balaban J connectivity index is 1.63. The normalized spacial score (nSPS) is 11.1. The second kappa shape index (κ2) is 8.44. The van der Waals surface area contributed by atoms with Crippen LogP contribution in [0.1, 0.15) is 10.5 Å². The van der Waals surface area contributed by atoms with Gasteiger partial charge < -0.3 is 4.74 Å². The Kier molecular flexibility index (Phi) is 5.52. The van der Waals surface area contributed by atoms with Crippen molar-refractivity contribution in [2.45, 2.75) is 4.90 Å². The van der Waals surface area contributed by atoms with E-state index < -0.39 is 19.9 Å². The molecule has 10 heteroatoms. The van der Waals surface area contributed by atoms with E-state index in [1.807, 2.05) is 18.2 Å². The lowest BCUT2D eigenvalue weighted by Crippen LogP contribution is -2.15. The predicted molar refractivity (Wildman–Crippen MR) is 115 cm³/mol. The molecule has 0 saturated heterocycles. The highest BCUT2D eigenvalue weighted by Crippen LogP contribution is 2.32. The van der Waals surface area contributed by atoms with E-state index in [-0.39, 0.29) is 16.3 Å². The fourth-order valence-electron chi connectivity index (χ4n) is 2.95. The number of ether oxygens (including phenoxy) is 1. The number of hydrogen-bond acceptors (Lipinski definition) is 7. The number of benzene rings is 3. The van der Waals surface area contributed by atoms with Crippen LogP contribution in [0.5, 0.6) is 11.5 Å². The van der Waals surface area contributed by atoms with Crippen LogP contribution in [-0.2, 0) is 9.84 Å². The molecule has 0 unspecified atom stereocenters. The molecule has 3 aromatic carbocycles. The van der Waals surface area contributed by atoms with Crippen molar-refractivity contribution < 1.29 is 22.9 Å². The lowest BCUT2D eigenvalue weighted by Gasteiger charge is -2.09. The Bertz CT molecular complexity index is 1400. The van der Waals surface area contributed by atoms with E-state index in [1.165, 1.54) is 6.07 Å². The van der Waals surface area contributed by atoms with E-state index in [1.54, 1.807) is 36.4 Å². The summed E-state index contributed by atoms with van der Waals surface area (Å²) in [7, 11) is -4.43. The zero-order valence-electron chi connectivity index (χ0n) is 16.3. The van der Waals surface area contributed by atoms with Gasteiger partial charge >= 0.3 is 0 Å². The van der Waals surface area contributed by atoms with Crippen molar-refractivity contribution >= 4 is 20.6 Å². The molecule has 9 nitrogen and oxygen atoms in total. The van der Waals surface area contributed by atoms with Gasteiger partial charge in [0.1, 0.15) is 17.2 Å². The second-order valence-electron chi connectivity index (χ2n) is 6.62. The van der Waals surface area contributed by atoms with Crippen LogP contribution in [0, 0.1) is 10.1 Å². The number of non-ortho nitro benzene ring substituents is 1. The van der Waals surface area contributed by atoms with Crippen LogP contribution in [-0.4, -0.2) is 28.7 Å². The molecule has 0 spiro atoms. The molecule has 0 aliphatic carbocycles. The maximum Gasteiger partial charge on any atom is 0.299 e. The van der Waals surface area contributed by atoms with Crippen molar-refractivity contribution in [3.8, 4) is 22.8 Å². The minimum Gasteiger partial charge on any atom is -0.457 e. The molecule has 160 valence electrons. The Morgan fingerprint density at radius 3 is 2.28 bits per heavy atom. The van der Waals surface area contributed by atoms with Crippen molar-refractivity contribution in [3.05, 3.63) is 101 Å². The first-order valence-electron chi connectivity index (χ1n) is 9.28. The van der Waals surface area contributed by atoms with Crippen LogP contribution in [0.25, 0.3) is 11.3 Å². The minimum atomic E-state index is -4.43. The summed E-state index contributed by atoms with van der Waals surface area (Å²) in [5.41, 5.74) is 0.348. The number of rotatable bonds is 6. The predicted octanol–water partition coefficient (Wildman–Crippen LogP) is 4.39. The van der Waals surface area contributed by atoms with E-state index in [9.17, 15) is 23.3 Å². The monoisotopic (exact) mass is 449 g/mol. The SMILES string of the molecule is O=C(c1cc(-c2ccccc2Oc2ccccc2)n[nH]1)S(=O)(=O)c1ccc([N+](=O)[O-])cc1. The lowest BCUT2D eigenvalue weighted by atomic mass is 10.1. The number of nitro benzene ring substituents is 1. The van der Waals surface area contributed by atoms with Gasteiger partial charge in [-0.2, -0.15) is 5.10 Å². The first kappa shape index (κ1) is 20.9. The summed E-state index contributed by atoms with van der Waals surface area (Å²) in [5.74, 6) is 1.08. The molecule has 0 atom stereocenters. The van der Waals surface area contributed by atoms with E-state index in [0.717, 1.165) is 24.3 Å². The van der Waals surface area contributed by atoms with Gasteiger partial charge in [-0.05, 0) is 42.5 Å². The van der Waals surface area contributed by atoms with Crippen LogP contribution >= 0.6 is 0 Å². The smallest absolute Gasteiger partial charge is 0.299 e. The number of sulfone groups is 1. The van der Waals surface area contributed by atoms with E-state index in [4.69, 9.17) is 4.74 Å². The number of nitrogens with one attached hydrogen (secondary N) is 1. The third-order valence-electron chi connectivity index (χ3n) is 4.53. The van der Waals surface area contributed by atoms with Crippen molar-refractivity contribution in [3.63, 3.8) is 0 Å². The van der Waals surface area contributed by atoms with E-state index in [2.05, 4.69) is 10.2 Å². The Morgan fingerprint density at radius 1 is 0.938 bits per heavy atom. The number of nitro groups is 1. The molecule has 0 bridgehead atoms. The minimum absolute atomic E-state index is 0.243. The highest BCUT2D eigenvalue weighted by atomic mass is 32.2. The number of carbonyl (C=O) groups is 1. The molecular formula is C22H15N3O6S. The zero-order valence-corrected chi connectivity index (χ0v) is 17.2. The Labute approximate surface area is 182 Å². The largest absolute Gasteiger partial charge is 0.457 e. The standard InChI is InChI=1S/C22H15N3O6S/c26-22(32(29,30)17-12-10-15(11-13-17)25(27)28)20-14-19(23-24-20)18-8-4-5-9-21(18)31-16-6-2-1-3-7-16/h1-14H,(H,23,24). The molecule has 0 fully saturated rings. The topological polar surface area (TPSA) is 132 Å². The first-order valence-corrected chi connectivity index (χ1v) is 10.8.